The number of hydrogen-bond acceptors (Lipinski definition) is 6. The van der Waals surface area contributed by atoms with Crippen molar-refractivity contribution in [2.24, 2.45) is 0 Å². The van der Waals surface area contributed by atoms with Crippen molar-refractivity contribution in [2.45, 2.75) is 0 Å². The Morgan fingerprint density at radius 3 is 1.55 bits per heavy atom. The van der Waals surface area contributed by atoms with Gasteiger partial charge in [0.15, 0.2) is 23.0 Å². The molecule has 3 rings (SSSR count). The van der Waals surface area contributed by atoms with Crippen LogP contribution in [0, 0.1) is 22.7 Å². The summed E-state index contributed by atoms with van der Waals surface area (Å²) in [5, 5.41) is 25.5. The summed E-state index contributed by atoms with van der Waals surface area (Å²) in [6.45, 7) is 0. The Hall–Kier alpha value is -3.52. The van der Waals surface area contributed by atoms with Gasteiger partial charge in [0.1, 0.15) is 24.8 Å². The molecule has 0 N–H and O–H groups in total. The molecule has 0 saturated carbocycles. The van der Waals surface area contributed by atoms with Gasteiger partial charge in [-0.15, -0.1) is 10.2 Å². The van der Waals surface area contributed by atoms with Crippen LogP contribution in [0.5, 0.6) is 0 Å². The molecule has 94 valence electrons. The Balaban J connectivity index is 1.91. The monoisotopic (exact) mass is 262 g/mol. The van der Waals surface area contributed by atoms with E-state index in [0.717, 1.165) is 0 Å². The minimum absolute atomic E-state index is 0.309. The molecule has 0 bridgehead atoms. The molecular formula is C12H6N8. The fourth-order valence-corrected chi connectivity index (χ4v) is 1.61. The van der Waals surface area contributed by atoms with E-state index >= 15 is 0 Å². The van der Waals surface area contributed by atoms with E-state index in [4.69, 9.17) is 10.5 Å². The first-order valence-electron chi connectivity index (χ1n) is 5.53. The van der Waals surface area contributed by atoms with Crippen LogP contribution >= 0.6 is 0 Å². The summed E-state index contributed by atoms with van der Waals surface area (Å²) in [7, 11) is 0. The first kappa shape index (κ1) is 11.6. The summed E-state index contributed by atoms with van der Waals surface area (Å²) in [6, 6.07) is 7.35. The molecule has 8 nitrogen and oxygen atoms in total. The Labute approximate surface area is 113 Å². The SMILES string of the molecule is N#Cc1cn(-c2ccc(-n3cnc(C#N)c3)nn2)cn1. The van der Waals surface area contributed by atoms with Gasteiger partial charge < -0.3 is 0 Å². The van der Waals surface area contributed by atoms with Gasteiger partial charge in [-0.05, 0) is 12.1 Å². The first-order valence-corrected chi connectivity index (χ1v) is 5.53. The van der Waals surface area contributed by atoms with E-state index in [1.807, 2.05) is 12.1 Å². The molecule has 0 aliphatic rings. The van der Waals surface area contributed by atoms with Crippen LogP contribution in [0.2, 0.25) is 0 Å². The van der Waals surface area contributed by atoms with Gasteiger partial charge in [-0.2, -0.15) is 10.5 Å². The molecule has 0 spiro atoms. The molecule has 0 amide bonds. The molecule has 0 saturated heterocycles. The standard InChI is InChI=1S/C12H6N8/c13-3-9-5-19(7-15-9)11-1-2-12(18-17-11)20-6-10(4-14)16-8-20/h1-2,5-8H. The van der Waals surface area contributed by atoms with Crippen molar-refractivity contribution >= 4 is 0 Å². The Morgan fingerprint density at radius 1 is 0.800 bits per heavy atom. The third-order valence-electron chi connectivity index (χ3n) is 2.56. The lowest BCUT2D eigenvalue weighted by atomic mass is 10.4. The van der Waals surface area contributed by atoms with Gasteiger partial charge in [0.05, 0.1) is 0 Å². The van der Waals surface area contributed by atoms with Crippen LogP contribution in [0.15, 0.2) is 37.2 Å². The predicted octanol–water partition coefficient (Wildman–Crippen LogP) is 0.591. The summed E-state index contributed by atoms with van der Waals surface area (Å²) in [5.41, 5.74) is 0.619. The molecule has 0 aromatic carbocycles. The van der Waals surface area contributed by atoms with Crippen LogP contribution in [0.4, 0.5) is 0 Å². The fourth-order valence-electron chi connectivity index (χ4n) is 1.61. The van der Waals surface area contributed by atoms with Gasteiger partial charge in [-0.3, -0.25) is 9.13 Å². The first-order chi connectivity index (χ1) is 9.80. The lowest BCUT2D eigenvalue weighted by Gasteiger charge is -2.02. The van der Waals surface area contributed by atoms with Gasteiger partial charge in [-0.25, -0.2) is 9.97 Å². The maximum atomic E-state index is 8.72. The Morgan fingerprint density at radius 2 is 1.25 bits per heavy atom. The molecule has 8 heteroatoms. The van der Waals surface area contributed by atoms with Crippen molar-refractivity contribution in [1.29, 1.82) is 10.5 Å². The number of nitrogens with zero attached hydrogens (tertiary/aromatic N) is 8. The van der Waals surface area contributed by atoms with Gasteiger partial charge in [-0.1, -0.05) is 0 Å². The zero-order valence-electron chi connectivity index (χ0n) is 10.0. The second-order valence-electron chi connectivity index (χ2n) is 3.81. The van der Waals surface area contributed by atoms with Gasteiger partial charge >= 0.3 is 0 Å². The fraction of sp³-hybridized carbons (Fsp3) is 0. The molecule has 0 aliphatic heterocycles. The molecule has 0 radical (unpaired) electrons. The van der Waals surface area contributed by atoms with Crippen LogP contribution < -0.4 is 0 Å². The number of imidazole rings is 2. The molecule has 3 heterocycles. The second kappa shape index (κ2) is 4.63. The molecule has 0 fully saturated rings. The third-order valence-corrected chi connectivity index (χ3v) is 2.56. The van der Waals surface area contributed by atoms with Crippen molar-refractivity contribution in [2.75, 3.05) is 0 Å². The summed E-state index contributed by atoms with van der Waals surface area (Å²) in [4.78, 5) is 7.78. The van der Waals surface area contributed by atoms with E-state index in [1.165, 1.54) is 12.7 Å². The van der Waals surface area contributed by atoms with E-state index in [-0.39, 0.29) is 0 Å². The number of rotatable bonds is 2. The van der Waals surface area contributed by atoms with E-state index in [2.05, 4.69) is 20.2 Å². The highest BCUT2D eigenvalue weighted by molar-refractivity contribution is 5.31. The highest BCUT2D eigenvalue weighted by atomic mass is 15.3. The van der Waals surface area contributed by atoms with Gasteiger partial charge in [0.2, 0.25) is 0 Å². The van der Waals surface area contributed by atoms with Gasteiger partial charge in [0.25, 0.3) is 0 Å². The third kappa shape index (κ3) is 1.98. The smallest absolute Gasteiger partial charge is 0.160 e. The molecule has 3 aromatic heterocycles. The van der Waals surface area contributed by atoms with Crippen molar-refractivity contribution in [3.05, 3.63) is 48.6 Å². The zero-order chi connectivity index (χ0) is 13.9. The number of hydrogen-bond donors (Lipinski definition) is 0. The molecule has 0 atom stereocenters. The lowest BCUT2D eigenvalue weighted by Crippen LogP contribution is -2.01. The van der Waals surface area contributed by atoms with Gasteiger partial charge in [0, 0.05) is 12.4 Å². The number of nitriles is 2. The average molecular weight is 262 g/mol. The summed E-state index contributed by atoms with van der Waals surface area (Å²) >= 11 is 0. The van der Waals surface area contributed by atoms with Crippen molar-refractivity contribution < 1.29 is 0 Å². The Kier molecular flexibility index (Phi) is 2.68. The quantitative estimate of drug-likeness (QED) is 0.668. The zero-order valence-corrected chi connectivity index (χ0v) is 10.0. The predicted molar refractivity (Wildman–Crippen MR) is 65.7 cm³/mol. The minimum atomic E-state index is 0.309. The van der Waals surface area contributed by atoms with E-state index in [1.54, 1.807) is 33.7 Å². The maximum absolute atomic E-state index is 8.72. The van der Waals surface area contributed by atoms with Crippen LogP contribution in [-0.4, -0.2) is 29.3 Å². The molecule has 20 heavy (non-hydrogen) atoms. The minimum Gasteiger partial charge on any atom is -0.288 e. The maximum Gasteiger partial charge on any atom is 0.160 e. The van der Waals surface area contributed by atoms with E-state index in [0.29, 0.717) is 23.0 Å². The van der Waals surface area contributed by atoms with E-state index in [9.17, 15) is 0 Å². The van der Waals surface area contributed by atoms with Crippen LogP contribution in [0.25, 0.3) is 11.6 Å². The van der Waals surface area contributed by atoms with Crippen molar-refractivity contribution in [3.8, 4) is 23.8 Å². The van der Waals surface area contributed by atoms with Crippen molar-refractivity contribution in [3.63, 3.8) is 0 Å². The largest absolute Gasteiger partial charge is 0.288 e. The summed E-state index contributed by atoms with van der Waals surface area (Å²) < 4.78 is 3.20. The van der Waals surface area contributed by atoms with Crippen LogP contribution in [0.3, 0.4) is 0 Å². The van der Waals surface area contributed by atoms with Crippen LogP contribution in [0.1, 0.15) is 11.4 Å². The molecule has 3 aromatic rings. The topological polar surface area (TPSA) is 109 Å². The summed E-state index contributed by atoms with van der Waals surface area (Å²) in [6.07, 6.45) is 6.11. The van der Waals surface area contributed by atoms with E-state index < -0.39 is 0 Å². The lowest BCUT2D eigenvalue weighted by molar-refractivity contribution is 0.864. The highest BCUT2D eigenvalue weighted by Gasteiger charge is 2.05. The molecular weight excluding hydrogens is 256 g/mol. The normalized spacial score (nSPS) is 9.90. The molecule has 0 unspecified atom stereocenters. The summed E-state index contributed by atoms with van der Waals surface area (Å²) in [5.74, 6) is 1.09. The molecule has 0 aliphatic carbocycles. The number of aromatic nitrogens is 6. The van der Waals surface area contributed by atoms with Crippen molar-refractivity contribution in [1.82, 2.24) is 29.3 Å². The van der Waals surface area contributed by atoms with Crippen LogP contribution in [-0.2, 0) is 0 Å². The average Bonchev–Trinajstić information content (AvgIpc) is 3.16. The Bertz CT molecular complexity index is 756. The second-order valence-corrected chi connectivity index (χ2v) is 3.81. The highest BCUT2D eigenvalue weighted by Crippen LogP contribution is 2.08.